The minimum atomic E-state index is 0. The second-order valence-electron chi connectivity index (χ2n) is 7.42. The fourth-order valence-electron chi connectivity index (χ4n) is 4.06. The predicted molar refractivity (Wildman–Crippen MR) is 113 cm³/mol. The van der Waals surface area contributed by atoms with E-state index in [0.717, 1.165) is 58.9 Å². The van der Waals surface area contributed by atoms with Crippen LogP contribution in [0.2, 0.25) is 0 Å². The molecule has 7 heteroatoms. The number of hydrogen-bond donors (Lipinski definition) is 1. The van der Waals surface area contributed by atoms with E-state index in [4.69, 9.17) is 4.74 Å². The molecule has 0 aromatic carbocycles. The maximum Gasteiger partial charge on any atom is 0.222 e. The number of piperidine rings is 1. The second kappa shape index (κ2) is 14.0. The van der Waals surface area contributed by atoms with Crippen LogP contribution in [0.1, 0.15) is 46.5 Å². The van der Waals surface area contributed by atoms with Crippen molar-refractivity contribution in [2.45, 2.75) is 52.5 Å². The molecule has 0 radical (unpaired) electrons. The second-order valence-corrected chi connectivity index (χ2v) is 7.42. The van der Waals surface area contributed by atoms with Crippen LogP contribution in [0.25, 0.3) is 0 Å². The third kappa shape index (κ3) is 7.89. The molecule has 2 heterocycles. The Morgan fingerprint density at radius 2 is 2.04 bits per heavy atom. The summed E-state index contributed by atoms with van der Waals surface area (Å²) in [4.78, 5) is 17.3. The van der Waals surface area contributed by atoms with Crippen molar-refractivity contribution in [3.8, 4) is 0 Å². The summed E-state index contributed by atoms with van der Waals surface area (Å²) in [6.45, 7) is 14.0. The first-order valence-corrected chi connectivity index (χ1v) is 9.95. The smallest absolute Gasteiger partial charge is 0.222 e. The largest absolute Gasteiger partial charge is 0.380 e. The molecule has 0 aromatic rings. The highest BCUT2D eigenvalue weighted by atomic mass is 35.5. The van der Waals surface area contributed by atoms with Crippen molar-refractivity contribution in [3.05, 3.63) is 0 Å². The molecule has 0 spiro atoms. The highest BCUT2D eigenvalue weighted by Crippen LogP contribution is 2.24. The number of nitrogens with zero attached hydrogens (tertiary/aromatic N) is 2. The first-order chi connectivity index (χ1) is 11.7. The summed E-state index contributed by atoms with van der Waals surface area (Å²) >= 11 is 0. The van der Waals surface area contributed by atoms with Crippen LogP contribution >= 0.6 is 24.8 Å². The van der Waals surface area contributed by atoms with E-state index < -0.39 is 0 Å². The molecule has 2 aliphatic rings. The molecule has 2 saturated heterocycles. The Morgan fingerprint density at radius 3 is 2.65 bits per heavy atom. The van der Waals surface area contributed by atoms with Crippen LogP contribution in [0, 0.1) is 11.8 Å². The summed E-state index contributed by atoms with van der Waals surface area (Å²) in [6, 6.07) is 0.481. The molecule has 3 unspecified atom stereocenters. The lowest BCUT2D eigenvalue weighted by Gasteiger charge is -2.41. The Kier molecular flexibility index (Phi) is 14.0. The quantitative estimate of drug-likeness (QED) is 0.623. The standard InChI is InChI=1S/C19H37N3O2.2ClH/c1-4-18-15-22(10-9-21(18)11-12-24-5-2)19(23)13-16(3)17-7-6-8-20-14-17;;/h16-18,20H,4-15H2,1-3H3;2*1H. The molecule has 0 bridgehead atoms. The lowest BCUT2D eigenvalue weighted by molar-refractivity contribution is -0.135. The fourth-order valence-corrected chi connectivity index (χ4v) is 4.06. The molecule has 1 N–H and O–H groups in total. The van der Waals surface area contributed by atoms with Crippen molar-refractivity contribution < 1.29 is 9.53 Å². The zero-order valence-electron chi connectivity index (χ0n) is 16.7. The van der Waals surface area contributed by atoms with E-state index in [0.29, 0.717) is 30.2 Å². The van der Waals surface area contributed by atoms with Gasteiger partial charge in [0.1, 0.15) is 0 Å². The molecular formula is C19H39Cl2N3O2. The average molecular weight is 412 g/mol. The van der Waals surface area contributed by atoms with Crippen molar-refractivity contribution in [2.24, 2.45) is 11.8 Å². The Balaban J connectivity index is 0.00000312. The number of piperazine rings is 1. The lowest BCUT2D eigenvalue weighted by atomic mass is 9.85. The number of carbonyl (C=O) groups excluding carboxylic acids is 1. The van der Waals surface area contributed by atoms with Gasteiger partial charge in [0.25, 0.3) is 0 Å². The number of nitrogens with one attached hydrogen (secondary N) is 1. The fraction of sp³-hybridized carbons (Fsp3) is 0.947. The number of carbonyl (C=O) groups is 1. The molecule has 2 rings (SSSR count). The Morgan fingerprint density at radius 1 is 1.27 bits per heavy atom. The van der Waals surface area contributed by atoms with Gasteiger partial charge in [-0.3, -0.25) is 9.69 Å². The molecule has 26 heavy (non-hydrogen) atoms. The summed E-state index contributed by atoms with van der Waals surface area (Å²) < 4.78 is 5.50. The van der Waals surface area contributed by atoms with E-state index in [-0.39, 0.29) is 24.8 Å². The molecule has 1 amide bonds. The minimum absolute atomic E-state index is 0. The molecule has 3 atom stereocenters. The van der Waals surface area contributed by atoms with E-state index in [1.807, 2.05) is 6.92 Å². The van der Waals surface area contributed by atoms with Crippen LogP contribution in [-0.2, 0) is 9.53 Å². The highest BCUT2D eigenvalue weighted by Gasteiger charge is 2.30. The number of rotatable bonds is 8. The third-order valence-corrected chi connectivity index (χ3v) is 5.79. The van der Waals surface area contributed by atoms with Crippen LogP contribution in [0.3, 0.4) is 0 Å². The molecule has 2 fully saturated rings. The van der Waals surface area contributed by atoms with E-state index in [1.165, 1.54) is 12.8 Å². The summed E-state index contributed by atoms with van der Waals surface area (Å²) in [5.74, 6) is 1.51. The molecule has 5 nitrogen and oxygen atoms in total. The Hall–Kier alpha value is -0.0700. The van der Waals surface area contributed by atoms with Gasteiger partial charge >= 0.3 is 0 Å². The van der Waals surface area contributed by atoms with Gasteiger partial charge in [-0.2, -0.15) is 0 Å². The normalized spacial score (nSPS) is 25.1. The number of halogens is 2. The SMILES string of the molecule is CCOCCN1CCN(C(=O)CC(C)C2CCCNC2)CC1CC.Cl.Cl. The van der Waals surface area contributed by atoms with Gasteiger partial charge in [0, 0.05) is 45.2 Å². The average Bonchev–Trinajstić information content (AvgIpc) is 2.62. The van der Waals surface area contributed by atoms with E-state index >= 15 is 0 Å². The van der Waals surface area contributed by atoms with Crippen molar-refractivity contribution in [1.29, 1.82) is 0 Å². The van der Waals surface area contributed by atoms with Crippen molar-refractivity contribution in [3.63, 3.8) is 0 Å². The Labute approximate surface area is 172 Å². The Bertz CT molecular complexity index is 382. The zero-order chi connectivity index (χ0) is 17.4. The van der Waals surface area contributed by atoms with Crippen LogP contribution < -0.4 is 5.32 Å². The summed E-state index contributed by atoms with van der Waals surface area (Å²) in [5.41, 5.74) is 0. The maximum absolute atomic E-state index is 12.7. The summed E-state index contributed by atoms with van der Waals surface area (Å²) in [6.07, 6.45) is 4.32. The summed E-state index contributed by atoms with van der Waals surface area (Å²) in [5, 5.41) is 3.47. The number of amides is 1. The van der Waals surface area contributed by atoms with E-state index in [2.05, 4.69) is 29.0 Å². The molecule has 156 valence electrons. The van der Waals surface area contributed by atoms with Crippen molar-refractivity contribution in [1.82, 2.24) is 15.1 Å². The van der Waals surface area contributed by atoms with E-state index in [9.17, 15) is 4.79 Å². The van der Waals surface area contributed by atoms with Crippen molar-refractivity contribution in [2.75, 3.05) is 52.5 Å². The lowest BCUT2D eigenvalue weighted by Crippen LogP contribution is -2.55. The van der Waals surface area contributed by atoms with Gasteiger partial charge < -0.3 is 15.0 Å². The zero-order valence-corrected chi connectivity index (χ0v) is 18.4. The molecule has 2 aliphatic heterocycles. The molecular weight excluding hydrogens is 373 g/mol. The maximum atomic E-state index is 12.7. The first kappa shape index (κ1) is 25.9. The van der Waals surface area contributed by atoms with Gasteiger partial charge in [-0.15, -0.1) is 24.8 Å². The van der Waals surface area contributed by atoms with E-state index in [1.54, 1.807) is 0 Å². The van der Waals surface area contributed by atoms with Gasteiger partial charge in [0.05, 0.1) is 6.61 Å². The van der Waals surface area contributed by atoms with Crippen LogP contribution in [0.5, 0.6) is 0 Å². The topological polar surface area (TPSA) is 44.8 Å². The summed E-state index contributed by atoms with van der Waals surface area (Å²) in [7, 11) is 0. The van der Waals surface area contributed by atoms with Gasteiger partial charge in [-0.25, -0.2) is 0 Å². The van der Waals surface area contributed by atoms with Gasteiger partial charge in [-0.1, -0.05) is 13.8 Å². The minimum Gasteiger partial charge on any atom is -0.380 e. The van der Waals surface area contributed by atoms with Crippen LogP contribution in [0.4, 0.5) is 0 Å². The highest BCUT2D eigenvalue weighted by molar-refractivity contribution is 5.85. The number of ether oxygens (including phenoxy) is 1. The van der Waals surface area contributed by atoms with Crippen LogP contribution in [0.15, 0.2) is 0 Å². The van der Waals surface area contributed by atoms with Crippen LogP contribution in [-0.4, -0.2) is 74.2 Å². The van der Waals surface area contributed by atoms with Crippen molar-refractivity contribution >= 4 is 30.7 Å². The predicted octanol–water partition coefficient (Wildman–Crippen LogP) is 2.82. The van der Waals surface area contributed by atoms with Gasteiger partial charge in [0.15, 0.2) is 0 Å². The van der Waals surface area contributed by atoms with Gasteiger partial charge in [-0.05, 0) is 51.1 Å². The first-order valence-electron chi connectivity index (χ1n) is 9.95. The molecule has 0 saturated carbocycles. The number of hydrogen-bond acceptors (Lipinski definition) is 4. The van der Waals surface area contributed by atoms with Gasteiger partial charge in [0.2, 0.25) is 5.91 Å². The monoisotopic (exact) mass is 411 g/mol. The molecule has 0 aromatic heterocycles. The molecule has 0 aliphatic carbocycles. The third-order valence-electron chi connectivity index (χ3n) is 5.79.